The minimum absolute atomic E-state index is 0.183. The van der Waals surface area contributed by atoms with Crippen LogP contribution in [-0.2, 0) is 19.1 Å². The molecule has 1 heterocycles. The minimum atomic E-state index is -1.40. The second-order valence-electron chi connectivity index (χ2n) is 5.81. The van der Waals surface area contributed by atoms with E-state index in [0.717, 1.165) is 0 Å². The van der Waals surface area contributed by atoms with Crippen LogP contribution in [0.25, 0.3) is 0 Å². The molecule has 0 N–H and O–H groups in total. The van der Waals surface area contributed by atoms with Crippen molar-refractivity contribution in [1.82, 2.24) is 4.90 Å². The van der Waals surface area contributed by atoms with Crippen LogP contribution in [-0.4, -0.2) is 46.5 Å². The van der Waals surface area contributed by atoms with Gasteiger partial charge in [0.2, 0.25) is 5.54 Å². The molecule has 0 bridgehead atoms. The van der Waals surface area contributed by atoms with Crippen molar-refractivity contribution in [3.63, 3.8) is 0 Å². The third kappa shape index (κ3) is 1.99. The molecule has 2 fully saturated rings. The maximum atomic E-state index is 12.0. The Bertz CT molecular complexity index is 439. The Kier molecular flexibility index (Phi) is 3.07. The summed E-state index contributed by atoms with van der Waals surface area (Å²) < 4.78 is 10.2. The molecule has 19 heavy (non-hydrogen) atoms. The maximum Gasteiger partial charge on any atom is 0.412 e. The summed E-state index contributed by atoms with van der Waals surface area (Å²) in [5.74, 6) is -0.879. The van der Waals surface area contributed by atoms with E-state index in [0.29, 0.717) is 12.8 Å². The Morgan fingerprint density at radius 3 is 2.58 bits per heavy atom. The van der Waals surface area contributed by atoms with E-state index in [-0.39, 0.29) is 12.4 Å². The van der Waals surface area contributed by atoms with E-state index in [2.05, 4.69) is 0 Å². The predicted molar refractivity (Wildman–Crippen MR) is 65.5 cm³/mol. The number of rotatable bonds is 2. The number of ketones is 1. The third-order valence-corrected chi connectivity index (χ3v) is 3.35. The van der Waals surface area contributed by atoms with Crippen LogP contribution in [0, 0.1) is 0 Å². The highest BCUT2D eigenvalue weighted by Crippen LogP contribution is 2.52. The monoisotopic (exact) mass is 269 g/mol. The highest BCUT2D eigenvalue weighted by atomic mass is 16.6. The zero-order valence-electron chi connectivity index (χ0n) is 11.7. The number of carbonyl (C=O) groups excluding carboxylic acids is 3. The molecule has 2 unspecified atom stereocenters. The van der Waals surface area contributed by atoms with Crippen LogP contribution in [0.4, 0.5) is 4.79 Å². The van der Waals surface area contributed by atoms with Crippen molar-refractivity contribution < 1.29 is 23.9 Å². The lowest BCUT2D eigenvalue weighted by atomic mass is 10.1. The number of piperidine rings is 1. The molecule has 2 atom stereocenters. The lowest BCUT2D eigenvalue weighted by Gasteiger charge is -2.22. The number of carbonyl (C=O) groups is 3. The number of hydrogen-bond acceptors (Lipinski definition) is 5. The summed E-state index contributed by atoms with van der Waals surface area (Å²) in [5, 5.41) is 0. The Morgan fingerprint density at radius 2 is 2.05 bits per heavy atom. The summed E-state index contributed by atoms with van der Waals surface area (Å²) in [4.78, 5) is 37.3. The quantitative estimate of drug-likeness (QED) is 0.429. The zero-order valence-corrected chi connectivity index (χ0v) is 11.7. The van der Waals surface area contributed by atoms with Gasteiger partial charge in [-0.25, -0.2) is 9.59 Å². The van der Waals surface area contributed by atoms with Crippen LogP contribution < -0.4 is 0 Å². The Labute approximate surface area is 112 Å². The molecule has 1 amide bonds. The molecule has 0 aromatic rings. The molecule has 1 aliphatic heterocycles. The second kappa shape index (κ2) is 4.21. The third-order valence-electron chi connectivity index (χ3n) is 3.35. The van der Waals surface area contributed by atoms with Gasteiger partial charge in [-0.2, -0.15) is 0 Å². The van der Waals surface area contributed by atoms with Crippen molar-refractivity contribution >= 4 is 17.8 Å². The highest BCUT2D eigenvalue weighted by molar-refractivity contribution is 6.18. The molecule has 2 aliphatic rings. The van der Waals surface area contributed by atoms with Gasteiger partial charge in [0.1, 0.15) is 5.60 Å². The van der Waals surface area contributed by atoms with Crippen molar-refractivity contribution in [2.24, 2.45) is 0 Å². The summed E-state index contributed by atoms with van der Waals surface area (Å²) in [6, 6.07) is -0.395. The van der Waals surface area contributed by atoms with Crippen molar-refractivity contribution in [1.29, 1.82) is 0 Å². The Balaban J connectivity index is 2.19. The van der Waals surface area contributed by atoms with E-state index in [4.69, 9.17) is 9.47 Å². The first-order valence-corrected chi connectivity index (χ1v) is 6.48. The van der Waals surface area contributed by atoms with Crippen molar-refractivity contribution in [3.05, 3.63) is 0 Å². The van der Waals surface area contributed by atoms with E-state index in [9.17, 15) is 14.4 Å². The number of hydrogen-bond donors (Lipinski definition) is 0. The van der Waals surface area contributed by atoms with Gasteiger partial charge >= 0.3 is 12.1 Å². The first-order chi connectivity index (χ1) is 8.75. The lowest BCUT2D eigenvalue weighted by molar-refractivity contribution is -0.150. The topological polar surface area (TPSA) is 72.7 Å². The van der Waals surface area contributed by atoms with Gasteiger partial charge in [0.05, 0.1) is 12.6 Å². The molecule has 0 spiro atoms. The van der Waals surface area contributed by atoms with Gasteiger partial charge in [0.25, 0.3) is 0 Å². The highest BCUT2D eigenvalue weighted by Gasteiger charge is 2.79. The van der Waals surface area contributed by atoms with Crippen LogP contribution in [0.5, 0.6) is 0 Å². The molecule has 106 valence electrons. The van der Waals surface area contributed by atoms with Gasteiger partial charge in [-0.15, -0.1) is 0 Å². The Hall–Kier alpha value is -1.59. The molecule has 2 rings (SSSR count). The van der Waals surface area contributed by atoms with Crippen LogP contribution in [0.15, 0.2) is 0 Å². The fourth-order valence-electron chi connectivity index (χ4n) is 2.64. The van der Waals surface area contributed by atoms with Crippen molar-refractivity contribution in [2.45, 2.75) is 57.7 Å². The number of fused-ring (bicyclic) bond motifs is 1. The van der Waals surface area contributed by atoms with Gasteiger partial charge in [-0.05, 0) is 34.1 Å². The first kappa shape index (κ1) is 13.8. The summed E-state index contributed by atoms with van der Waals surface area (Å²) >= 11 is 0. The van der Waals surface area contributed by atoms with Crippen LogP contribution in [0.3, 0.4) is 0 Å². The number of amides is 1. The molecule has 1 saturated heterocycles. The second-order valence-corrected chi connectivity index (χ2v) is 5.81. The average Bonchev–Trinajstić information content (AvgIpc) is 2.84. The van der Waals surface area contributed by atoms with E-state index in [1.165, 1.54) is 4.90 Å². The summed E-state index contributed by atoms with van der Waals surface area (Å²) in [7, 11) is 0. The SMILES string of the molecule is CCOC(=O)C12C(=O)CCC1N2C(=O)OC(C)(C)C. The first-order valence-electron chi connectivity index (χ1n) is 6.48. The largest absolute Gasteiger partial charge is 0.464 e. The van der Waals surface area contributed by atoms with E-state index in [1.807, 2.05) is 0 Å². The molecule has 6 nitrogen and oxygen atoms in total. The van der Waals surface area contributed by atoms with Gasteiger partial charge in [-0.3, -0.25) is 9.69 Å². The molecule has 0 aromatic carbocycles. The van der Waals surface area contributed by atoms with Crippen molar-refractivity contribution in [2.75, 3.05) is 6.61 Å². The molecule has 0 radical (unpaired) electrons. The molecule has 1 saturated carbocycles. The zero-order chi connectivity index (χ0) is 14.4. The summed E-state index contributed by atoms with van der Waals surface area (Å²) in [6.45, 7) is 7.07. The molecule has 6 heteroatoms. The van der Waals surface area contributed by atoms with Gasteiger partial charge in [-0.1, -0.05) is 0 Å². The van der Waals surface area contributed by atoms with Gasteiger partial charge < -0.3 is 9.47 Å². The van der Waals surface area contributed by atoms with Crippen LogP contribution in [0.1, 0.15) is 40.5 Å². The lowest BCUT2D eigenvalue weighted by Crippen LogP contribution is -2.41. The van der Waals surface area contributed by atoms with Gasteiger partial charge in [0.15, 0.2) is 5.78 Å². The van der Waals surface area contributed by atoms with Crippen molar-refractivity contribution in [3.8, 4) is 0 Å². The fourth-order valence-corrected chi connectivity index (χ4v) is 2.64. The van der Waals surface area contributed by atoms with E-state index in [1.54, 1.807) is 27.7 Å². The minimum Gasteiger partial charge on any atom is -0.464 e. The molecule has 0 aromatic heterocycles. The number of ether oxygens (including phenoxy) is 2. The normalized spacial score (nSPS) is 28.9. The average molecular weight is 269 g/mol. The van der Waals surface area contributed by atoms with Gasteiger partial charge in [0, 0.05) is 6.42 Å². The number of esters is 1. The number of Topliss-reactive ketones (excluding diaryl/α,β-unsaturated/α-hetero) is 1. The van der Waals surface area contributed by atoms with E-state index < -0.39 is 29.2 Å². The number of nitrogens with zero attached hydrogens (tertiary/aromatic N) is 1. The summed E-state index contributed by atoms with van der Waals surface area (Å²) in [5.41, 5.74) is -2.06. The fraction of sp³-hybridized carbons (Fsp3) is 0.769. The standard InChI is InChI=1S/C13H19NO5/c1-5-18-10(16)13-8(6-7-9(13)15)14(13)11(17)19-12(2,3)4/h8H,5-7H2,1-4H3. The number of likely N-dealkylation sites (tertiary alicyclic amines) is 1. The van der Waals surface area contributed by atoms with Crippen LogP contribution in [0.2, 0.25) is 0 Å². The summed E-state index contributed by atoms with van der Waals surface area (Å²) in [6.07, 6.45) is 0.179. The predicted octanol–water partition coefficient (Wildman–Crippen LogP) is 1.27. The maximum absolute atomic E-state index is 12.0. The molecule has 1 aliphatic carbocycles. The van der Waals surface area contributed by atoms with E-state index >= 15 is 0 Å². The molecular formula is C13H19NO5. The van der Waals surface area contributed by atoms with Crippen LogP contribution >= 0.6 is 0 Å². The Morgan fingerprint density at radius 1 is 1.42 bits per heavy atom. The smallest absolute Gasteiger partial charge is 0.412 e. The molecular weight excluding hydrogens is 250 g/mol.